The standard InChI is InChI=1S/C39H27N3/c1-4-13-28(14-5-1)31-19-10-22-34(25-31)37-40-38(35-23-11-20-32(26-35)29-15-6-2-7-16-29)42-39(41-37)36-24-12-21-33(27-36)30-17-8-3-9-18-30/h1-27H/i1D,2D,3D,4D,5D,6D,7D,8D,9D,13D,14D,15D,16D,17D,18D. The third kappa shape index (κ3) is 5.36. The van der Waals surface area contributed by atoms with Crippen molar-refractivity contribution < 1.29 is 20.6 Å². The summed E-state index contributed by atoms with van der Waals surface area (Å²) in [6, 6.07) is 12.3. The molecule has 198 valence electrons. The molecule has 0 unspecified atom stereocenters. The molecule has 7 rings (SSSR count). The Balaban J connectivity index is 1.46. The third-order valence-electron chi connectivity index (χ3n) is 6.36. The Labute approximate surface area is 267 Å². The van der Waals surface area contributed by atoms with Gasteiger partial charge in [0.25, 0.3) is 0 Å². The molecule has 0 saturated heterocycles. The Morgan fingerprint density at radius 3 is 0.857 bits per heavy atom. The summed E-state index contributed by atoms with van der Waals surface area (Å²) in [6.45, 7) is 0. The van der Waals surface area contributed by atoms with Crippen molar-refractivity contribution in [3.63, 3.8) is 0 Å². The molecule has 0 aliphatic rings. The zero-order valence-corrected chi connectivity index (χ0v) is 21.8. The molecular weight excluding hydrogens is 510 g/mol. The largest absolute Gasteiger partial charge is 0.208 e. The number of aromatic nitrogens is 3. The molecule has 0 radical (unpaired) electrons. The van der Waals surface area contributed by atoms with E-state index in [1.54, 1.807) is 72.8 Å². The van der Waals surface area contributed by atoms with Crippen molar-refractivity contribution in [2.45, 2.75) is 0 Å². The maximum Gasteiger partial charge on any atom is 0.164 e. The number of hydrogen-bond acceptors (Lipinski definition) is 3. The fourth-order valence-electron chi connectivity index (χ4n) is 4.39. The fraction of sp³-hybridized carbons (Fsp3) is 0. The molecule has 0 saturated carbocycles. The van der Waals surface area contributed by atoms with Gasteiger partial charge in [0.05, 0.1) is 20.6 Å². The number of benzene rings is 6. The normalized spacial score (nSPS) is 15.9. The lowest BCUT2D eigenvalue weighted by Gasteiger charge is -2.11. The van der Waals surface area contributed by atoms with Gasteiger partial charge in [-0.3, -0.25) is 0 Å². The molecule has 0 atom stereocenters. The molecule has 1 heterocycles. The van der Waals surface area contributed by atoms with E-state index >= 15 is 0 Å². The minimum atomic E-state index is -0.534. The Morgan fingerprint density at radius 2 is 0.571 bits per heavy atom. The molecule has 0 N–H and O–H groups in total. The summed E-state index contributed by atoms with van der Waals surface area (Å²) >= 11 is 0. The van der Waals surface area contributed by atoms with E-state index in [2.05, 4.69) is 0 Å². The molecule has 3 nitrogen and oxygen atoms in total. The van der Waals surface area contributed by atoms with Crippen molar-refractivity contribution in [1.82, 2.24) is 15.0 Å². The van der Waals surface area contributed by atoms with Gasteiger partial charge in [-0.1, -0.05) is 145 Å². The average molecular weight is 553 g/mol. The summed E-state index contributed by atoms with van der Waals surface area (Å²) in [6.07, 6.45) is 0. The van der Waals surface area contributed by atoms with E-state index < -0.39 is 90.6 Å². The summed E-state index contributed by atoms with van der Waals surface area (Å²) < 4.78 is 124. The van der Waals surface area contributed by atoms with Gasteiger partial charge in [0.15, 0.2) is 17.5 Å². The molecule has 1 aromatic heterocycles. The molecule has 0 bridgehead atoms. The molecule has 0 spiro atoms. The van der Waals surface area contributed by atoms with Crippen LogP contribution in [-0.2, 0) is 0 Å². The van der Waals surface area contributed by atoms with Crippen LogP contribution in [0.1, 0.15) is 20.6 Å². The Kier molecular flexibility index (Phi) is 3.76. The highest BCUT2D eigenvalue weighted by molar-refractivity contribution is 5.76. The van der Waals surface area contributed by atoms with Crippen LogP contribution in [0, 0.1) is 0 Å². The van der Waals surface area contributed by atoms with Gasteiger partial charge in [-0.05, 0) is 51.6 Å². The van der Waals surface area contributed by atoms with Crippen molar-refractivity contribution in [2.75, 3.05) is 0 Å². The van der Waals surface area contributed by atoms with Crippen molar-refractivity contribution in [3.05, 3.63) is 163 Å². The molecule has 7 aromatic rings. The molecule has 0 aliphatic carbocycles. The number of hydrogen-bond donors (Lipinski definition) is 0. The van der Waals surface area contributed by atoms with Gasteiger partial charge < -0.3 is 0 Å². The van der Waals surface area contributed by atoms with E-state index in [4.69, 9.17) is 35.5 Å². The van der Waals surface area contributed by atoms with Crippen LogP contribution < -0.4 is 0 Å². The topological polar surface area (TPSA) is 38.7 Å². The monoisotopic (exact) mass is 552 g/mol. The van der Waals surface area contributed by atoms with Gasteiger partial charge in [0.2, 0.25) is 0 Å². The second-order valence-electron chi connectivity index (χ2n) is 9.05. The lowest BCUT2D eigenvalue weighted by molar-refractivity contribution is 1.07. The lowest BCUT2D eigenvalue weighted by Crippen LogP contribution is -2.00. The first-order valence-corrected chi connectivity index (χ1v) is 12.8. The first-order chi connectivity index (χ1) is 27.0. The third-order valence-corrected chi connectivity index (χ3v) is 6.36. The summed E-state index contributed by atoms with van der Waals surface area (Å²) in [4.78, 5) is 14.3. The first kappa shape index (κ1) is 13.8. The molecular formula is C39H27N3. The van der Waals surface area contributed by atoms with Crippen molar-refractivity contribution in [2.24, 2.45) is 0 Å². The van der Waals surface area contributed by atoms with Crippen LogP contribution in [0.25, 0.3) is 67.5 Å². The van der Waals surface area contributed by atoms with E-state index in [0.717, 1.165) is 0 Å². The Hall–Kier alpha value is -5.67. The van der Waals surface area contributed by atoms with Crippen LogP contribution in [-0.4, -0.2) is 15.0 Å². The lowest BCUT2D eigenvalue weighted by atomic mass is 10.0. The molecule has 0 amide bonds. The summed E-state index contributed by atoms with van der Waals surface area (Å²) in [5.41, 5.74) is 1.88. The zero-order valence-electron chi connectivity index (χ0n) is 36.8. The highest BCUT2D eigenvalue weighted by Gasteiger charge is 2.14. The van der Waals surface area contributed by atoms with Crippen LogP contribution >= 0.6 is 0 Å². The maximum absolute atomic E-state index is 8.52. The predicted molar refractivity (Wildman–Crippen MR) is 172 cm³/mol. The van der Waals surface area contributed by atoms with Gasteiger partial charge in [-0.2, -0.15) is 0 Å². The van der Waals surface area contributed by atoms with Gasteiger partial charge in [0, 0.05) is 16.7 Å². The van der Waals surface area contributed by atoms with E-state index in [0.29, 0.717) is 33.4 Å². The number of nitrogens with zero attached hydrogens (tertiary/aromatic N) is 3. The van der Waals surface area contributed by atoms with Crippen LogP contribution in [0.4, 0.5) is 0 Å². The second kappa shape index (κ2) is 11.4. The smallest absolute Gasteiger partial charge is 0.164 e. The SMILES string of the molecule is [2H]c1c([2H])c([2H])c(-c2cccc(-c3nc(-c4cccc(-c5c([2H])c([2H])c([2H])c([2H])c5[2H])c4)nc(-c4cccc(-c5c([2H])c([2H])c([2H])c([2H])c5[2H])c4)n3)c2)c([2H])c1[2H]. The summed E-state index contributed by atoms with van der Waals surface area (Å²) in [7, 11) is 0. The van der Waals surface area contributed by atoms with Crippen molar-refractivity contribution in [1.29, 1.82) is 0 Å². The highest BCUT2D eigenvalue weighted by atomic mass is 15.0. The summed E-state index contributed by atoms with van der Waals surface area (Å²) in [5.74, 6) is 0.266. The first-order valence-electron chi connectivity index (χ1n) is 20.3. The van der Waals surface area contributed by atoms with Crippen molar-refractivity contribution >= 4 is 0 Å². The highest BCUT2D eigenvalue weighted by Crippen LogP contribution is 2.31. The van der Waals surface area contributed by atoms with E-state index in [1.165, 1.54) is 0 Å². The van der Waals surface area contributed by atoms with Gasteiger partial charge in [-0.15, -0.1) is 0 Å². The Bertz CT molecular complexity index is 2420. The molecule has 0 aliphatic heterocycles. The maximum atomic E-state index is 8.52. The molecule has 3 heteroatoms. The average Bonchev–Trinajstić information content (AvgIpc) is 3.22. The second-order valence-corrected chi connectivity index (χ2v) is 9.05. The van der Waals surface area contributed by atoms with E-state index in [1.807, 2.05) is 0 Å². The van der Waals surface area contributed by atoms with Gasteiger partial charge in [-0.25, -0.2) is 15.0 Å². The van der Waals surface area contributed by atoms with Crippen LogP contribution in [0.5, 0.6) is 0 Å². The number of rotatable bonds is 6. The fourth-order valence-corrected chi connectivity index (χ4v) is 4.39. The van der Waals surface area contributed by atoms with Crippen LogP contribution in [0.15, 0.2) is 163 Å². The zero-order chi connectivity index (χ0) is 41.2. The van der Waals surface area contributed by atoms with E-state index in [-0.39, 0.29) is 34.2 Å². The molecule has 42 heavy (non-hydrogen) atoms. The van der Waals surface area contributed by atoms with Gasteiger partial charge >= 0.3 is 0 Å². The minimum absolute atomic E-state index is 0.0324. The summed E-state index contributed by atoms with van der Waals surface area (Å²) in [5, 5.41) is 0. The predicted octanol–water partition coefficient (Wildman–Crippen LogP) is 9.87. The van der Waals surface area contributed by atoms with Crippen LogP contribution in [0.3, 0.4) is 0 Å². The van der Waals surface area contributed by atoms with Crippen LogP contribution in [0.2, 0.25) is 0 Å². The minimum Gasteiger partial charge on any atom is -0.208 e. The van der Waals surface area contributed by atoms with Gasteiger partial charge in [0.1, 0.15) is 0 Å². The van der Waals surface area contributed by atoms with Crippen molar-refractivity contribution in [3.8, 4) is 67.5 Å². The van der Waals surface area contributed by atoms with E-state index in [9.17, 15) is 0 Å². The molecule has 6 aromatic carbocycles. The quantitative estimate of drug-likeness (QED) is 0.206. The molecule has 0 fully saturated rings. The Morgan fingerprint density at radius 1 is 0.310 bits per heavy atom.